The quantitative estimate of drug-likeness (QED) is 0.339. The second kappa shape index (κ2) is 7.28. The minimum Gasteiger partial charge on any atom is -0.369 e. The zero-order valence-electron chi connectivity index (χ0n) is 15.5. The van der Waals surface area contributed by atoms with E-state index in [-0.39, 0.29) is 0 Å². The molecule has 26 heavy (non-hydrogen) atoms. The van der Waals surface area contributed by atoms with Crippen LogP contribution in [0.2, 0.25) is 0 Å². The lowest BCUT2D eigenvalue weighted by Gasteiger charge is -2.17. The topological polar surface area (TPSA) is 62.7 Å². The summed E-state index contributed by atoms with van der Waals surface area (Å²) in [5, 5.41) is 11.7. The lowest BCUT2D eigenvalue weighted by atomic mass is 9.99. The molecule has 2 aromatic heterocycles. The van der Waals surface area contributed by atoms with Crippen LogP contribution in [-0.4, -0.2) is 28.0 Å². The van der Waals surface area contributed by atoms with Crippen molar-refractivity contribution in [3.8, 4) is 0 Å². The number of hydrogen-bond donors (Lipinski definition) is 2. The van der Waals surface area contributed by atoms with Gasteiger partial charge in [-0.1, -0.05) is 26.7 Å². The second-order valence-electron chi connectivity index (χ2n) is 6.76. The average Bonchev–Trinajstić information content (AvgIpc) is 2.68. The van der Waals surface area contributed by atoms with E-state index in [9.17, 15) is 0 Å². The van der Waals surface area contributed by atoms with Crippen LogP contribution >= 0.6 is 0 Å². The third-order valence-corrected chi connectivity index (χ3v) is 4.89. The van der Waals surface area contributed by atoms with Crippen LogP contribution in [0.15, 0.2) is 30.6 Å². The number of aromatic nitrogens is 3. The molecule has 2 aromatic carbocycles. The van der Waals surface area contributed by atoms with E-state index >= 15 is 0 Å². The highest BCUT2D eigenvalue weighted by Crippen LogP contribution is 2.38. The Labute approximate surface area is 153 Å². The lowest BCUT2D eigenvalue weighted by molar-refractivity contribution is 0.827. The van der Waals surface area contributed by atoms with Gasteiger partial charge in [-0.2, -0.15) is 0 Å². The fourth-order valence-corrected chi connectivity index (χ4v) is 3.49. The summed E-state index contributed by atoms with van der Waals surface area (Å²) in [7, 11) is 0. The molecule has 0 atom stereocenters. The van der Waals surface area contributed by atoms with E-state index in [0.717, 1.165) is 77.6 Å². The number of unbranched alkanes of at least 4 members (excludes halogenated alkanes) is 2. The number of hydrogen-bond acceptors (Lipinski definition) is 5. The molecule has 0 unspecified atom stereocenters. The van der Waals surface area contributed by atoms with Crippen molar-refractivity contribution in [2.75, 3.05) is 23.7 Å². The van der Waals surface area contributed by atoms with Gasteiger partial charge in [-0.15, -0.1) is 0 Å². The van der Waals surface area contributed by atoms with E-state index < -0.39 is 0 Å². The highest BCUT2D eigenvalue weighted by Gasteiger charge is 2.16. The Balaban J connectivity index is 1.94. The Morgan fingerprint density at radius 1 is 0.731 bits per heavy atom. The number of benzene rings is 2. The maximum atomic E-state index is 4.94. The highest BCUT2D eigenvalue weighted by atomic mass is 15.1. The van der Waals surface area contributed by atoms with Gasteiger partial charge in [-0.05, 0) is 37.1 Å². The highest BCUT2D eigenvalue weighted by molar-refractivity contribution is 6.25. The second-order valence-corrected chi connectivity index (χ2v) is 6.76. The van der Waals surface area contributed by atoms with Crippen molar-refractivity contribution >= 4 is 44.2 Å². The predicted molar refractivity (Wildman–Crippen MR) is 110 cm³/mol. The lowest BCUT2D eigenvalue weighted by Crippen LogP contribution is -2.09. The molecule has 0 fully saturated rings. The van der Waals surface area contributed by atoms with Crippen LogP contribution in [0, 0.1) is 0 Å². The number of nitrogens with one attached hydrogen (secondary N) is 2. The van der Waals surface area contributed by atoms with Gasteiger partial charge in [0.1, 0.15) is 18.0 Å². The fraction of sp³-hybridized carbons (Fsp3) is 0.381. The van der Waals surface area contributed by atoms with Crippen molar-refractivity contribution in [1.82, 2.24) is 15.0 Å². The minimum atomic E-state index is 0.929. The molecule has 0 saturated heterocycles. The molecule has 5 heteroatoms. The Kier molecular flexibility index (Phi) is 4.69. The van der Waals surface area contributed by atoms with E-state index in [4.69, 9.17) is 4.98 Å². The molecule has 0 aliphatic rings. The molecule has 0 saturated carbocycles. The summed E-state index contributed by atoms with van der Waals surface area (Å²) in [6.45, 7) is 6.26. The zero-order valence-corrected chi connectivity index (χ0v) is 15.5. The molecule has 0 aliphatic heterocycles. The summed E-state index contributed by atoms with van der Waals surface area (Å²) in [4.78, 5) is 13.9. The van der Waals surface area contributed by atoms with Crippen molar-refractivity contribution < 1.29 is 0 Å². The first kappa shape index (κ1) is 16.8. The van der Waals surface area contributed by atoms with Gasteiger partial charge < -0.3 is 10.6 Å². The monoisotopic (exact) mass is 347 g/mol. The van der Waals surface area contributed by atoms with Crippen LogP contribution in [0.1, 0.15) is 39.5 Å². The first-order valence-electron chi connectivity index (χ1n) is 9.60. The Hall–Kier alpha value is -2.69. The molecule has 0 bridgehead atoms. The third kappa shape index (κ3) is 2.87. The van der Waals surface area contributed by atoms with Gasteiger partial charge in [-0.3, -0.25) is 0 Å². The summed E-state index contributed by atoms with van der Waals surface area (Å²) < 4.78 is 0. The van der Waals surface area contributed by atoms with E-state index in [0.29, 0.717) is 0 Å². The molecule has 134 valence electrons. The Morgan fingerprint density at radius 3 is 1.77 bits per heavy atom. The first-order valence-corrected chi connectivity index (χ1v) is 9.60. The first-order chi connectivity index (χ1) is 12.8. The summed E-state index contributed by atoms with van der Waals surface area (Å²) in [6.07, 6.45) is 6.22. The van der Waals surface area contributed by atoms with E-state index in [1.165, 1.54) is 5.39 Å². The third-order valence-electron chi connectivity index (χ3n) is 4.89. The SMILES string of the molecule is CCCCNc1nc(NCCCC)c2ccc3ncnc4ccc1c2c43. The molecular formula is C21H25N5. The fourth-order valence-electron chi connectivity index (χ4n) is 3.49. The number of rotatable bonds is 8. The van der Waals surface area contributed by atoms with Crippen LogP contribution in [-0.2, 0) is 0 Å². The molecule has 5 nitrogen and oxygen atoms in total. The summed E-state index contributed by atoms with van der Waals surface area (Å²) in [5.74, 6) is 1.89. The molecule has 0 spiro atoms. The summed E-state index contributed by atoms with van der Waals surface area (Å²) in [6, 6.07) is 8.41. The van der Waals surface area contributed by atoms with Gasteiger partial charge >= 0.3 is 0 Å². The smallest absolute Gasteiger partial charge is 0.136 e. The van der Waals surface area contributed by atoms with Gasteiger partial charge in [0.15, 0.2) is 0 Å². The van der Waals surface area contributed by atoms with E-state index in [2.05, 4.69) is 58.7 Å². The van der Waals surface area contributed by atoms with Gasteiger partial charge in [0.05, 0.1) is 11.0 Å². The van der Waals surface area contributed by atoms with Crippen LogP contribution in [0.4, 0.5) is 11.6 Å². The van der Waals surface area contributed by atoms with Crippen LogP contribution in [0.3, 0.4) is 0 Å². The van der Waals surface area contributed by atoms with Gasteiger partial charge in [0.2, 0.25) is 0 Å². The Bertz CT molecular complexity index is 952. The molecule has 0 amide bonds. The van der Waals surface area contributed by atoms with Crippen molar-refractivity contribution in [2.45, 2.75) is 39.5 Å². The molecule has 2 N–H and O–H groups in total. The molecule has 4 aromatic rings. The normalized spacial score (nSPS) is 11.6. The van der Waals surface area contributed by atoms with Crippen molar-refractivity contribution in [1.29, 1.82) is 0 Å². The maximum Gasteiger partial charge on any atom is 0.136 e. The van der Waals surface area contributed by atoms with E-state index in [1.54, 1.807) is 6.33 Å². The van der Waals surface area contributed by atoms with Crippen molar-refractivity contribution in [2.24, 2.45) is 0 Å². The standard InChI is InChI=1S/C21H25N5/c1-3-5-11-22-20-14-7-9-16-19-17(25-13-24-16)10-8-15(18(14)19)21(26-20)23-12-6-4-2/h7-10,13H,3-6,11-12H2,1-2H3,(H2,22,23,26). The molecular weight excluding hydrogens is 322 g/mol. The number of nitrogens with zero attached hydrogens (tertiary/aromatic N) is 3. The largest absolute Gasteiger partial charge is 0.369 e. The molecule has 0 radical (unpaired) electrons. The maximum absolute atomic E-state index is 4.94. The number of pyridine rings is 1. The van der Waals surface area contributed by atoms with Crippen molar-refractivity contribution in [3.05, 3.63) is 30.6 Å². The Morgan fingerprint density at radius 2 is 1.27 bits per heavy atom. The summed E-state index contributed by atoms with van der Waals surface area (Å²) >= 11 is 0. The predicted octanol–water partition coefficient (Wildman–Crippen LogP) is 5.19. The van der Waals surface area contributed by atoms with E-state index in [1.807, 2.05) is 0 Å². The number of anilines is 2. The molecule has 2 heterocycles. The van der Waals surface area contributed by atoms with Gasteiger partial charge in [-0.25, -0.2) is 15.0 Å². The molecule has 0 aliphatic carbocycles. The van der Waals surface area contributed by atoms with Crippen LogP contribution < -0.4 is 10.6 Å². The minimum absolute atomic E-state index is 0.929. The summed E-state index contributed by atoms with van der Waals surface area (Å²) in [5.41, 5.74) is 1.97. The van der Waals surface area contributed by atoms with Gasteiger partial charge in [0.25, 0.3) is 0 Å². The van der Waals surface area contributed by atoms with Crippen LogP contribution in [0.25, 0.3) is 32.6 Å². The van der Waals surface area contributed by atoms with Crippen molar-refractivity contribution in [3.63, 3.8) is 0 Å². The zero-order chi connectivity index (χ0) is 17.9. The average molecular weight is 347 g/mol. The van der Waals surface area contributed by atoms with Crippen LogP contribution in [0.5, 0.6) is 0 Å². The van der Waals surface area contributed by atoms with Gasteiger partial charge in [0, 0.05) is 34.6 Å². The molecule has 4 rings (SSSR count).